The first-order chi connectivity index (χ1) is 13.3. The second-order valence-corrected chi connectivity index (χ2v) is 10.4. The topological polar surface area (TPSA) is 113 Å². The van der Waals surface area contributed by atoms with E-state index in [9.17, 15) is 24.9 Å². The Morgan fingerprint density at radius 2 is 1.90 bits per heavy atom. The largest absolute Gasteiger partial charge is 0.462 e. The summed E-state index contributed by atoms with van der Waals surface area (Å²) in [5.74, 6) is -3.79. The molecule has 0 radical (unpaired) electrons. The molecule has 29 heavy (non-hydrogen) atoms. The number of carbonyl (C=O) groups is 2. The molecule has 0 spiro atoms. The van der Waals surface area contributed by atoms with Crippen LogP contribution in [0.1, 0.15) is 60.3 Å². The lowest BCUT2D eigenvalue weighted by Gasteiger charge is -2.69. The van der Waals surface area contributed by atoms with Crippen LogP contribution in [0.25, 0.3) is 0 Å². The van der Waals surface area contributed by atoms with Gasteiger partial charge in [0.15, 0.2) is 0 Å². The first kappa shape index (κ1) is 20.8. The van der Waals surface area contributed by atoms with E-state index in [0.29, 0.717) is 18.4 Å². The van der Waals surface area contributed by atoms with E-state index in [1.807, 2.05) is 27.7 Å². The van der Waals surface area contributed by atoms with Crippen LogP contribution in [0.4, 0.5) is 0 Å². The Morgan fingerprint density at radius 1 is 1.24 bits per heavy atom. The number of rotatable bonds is 1. The van der Waals surface area contributed by atoms with Crippen molar-refractivity contribution in [1.82, 2.24) is 0 Å². The predicted octanol–water partition coefficient (Wildman–Crippen LogP) is 1.68. The number of carbonyl (C=O) groups excluding carboxylic acids is 2. The Bertz CT molecular complexity index is 788. The molecule has 7 nitrogen and oxygen atoms in total. The van der Waals surface area contributed by atoms with Crippen molar-refractivity contribution in [3.63, 3.8) is 0 Å². The normalized spacial score (nSPS) is 50.6. The number of aliphatic hydroxyl groups excluding tert-OH is 1. The fraction of sp³-hybridized carbons (Fsp3) is 0.818. The lowest BCUT2D eigenvalue weighted by molar-refractivity contribution is -0.315. The van der Waals surface area contributed by atoms with E-state index in [1.165, 1.54) is 13.0 Å². The van der Waals surface area contributed by atoms with E-state index in [4.69, 9.17) is 9.47 Å². The van der Waals surface area contributed by atoms with Gasteiger partial charge < -0.3 is 24.8 Å². The zero-order valence-electron chi connectivity index (χ0n) is 17.8. The minimum atomic E-state index is -1.75. The quantitative estimate of drug-likeness (QED) is 0.566. The number of esters is 2. The fourth-order valence-corrected chi connectivity index (χ4v) is 7.20. The van der Waals surface area contributed by atoms with E-state index >= 15 is 0 Å². The molecule has 0 aromatic heterocycles. The van der Waals surface area contributed by atoms with Crippen LogP contribution in [0.3, 0.4) is 0 Å². The average molecular weight is 408 g/mol. The second kappa shape index (κ2) is 6.05. The zero-order chi connectivity index (χ0) is 21.6. The molecule has 4 rings (SSSR count). The Hall–Kier alpha value is -1.44. The van der Waals surface area contributed by atoms with E-state index in [1.54, 1.807) is 0 Å². The molecule has 1 aliphatic heterocycles. The van der Waals surface area contributed by atoms with E-state index in [-0.39, 0.29) is 24.7 Å². The molecule has 0 aromatic rings. The smallest absolute Gasteiger partial charge is 0.333 e. The number of ether oxygens (including phenoxy) is 2. The third-order valence-electron chi connectivity index (χ3n) is 8.76. The highest BCUT2D eigenvalue weighted by atomic mass is 16.7. The summed E-state index contributed by atoms with van der Waals surface area (Å²) in [6, 6.07) is 0. The summed E-state index contributed by atoms with van der Waals surface area (Å²) < 4.78 is 11.0. The van der Waals surface area contributed by atoms with Crippen molar-refractivity contribution in [3.8, 4) is 0 Å². The van der Waals surface area contributed by atoms with Gasteiger partial charge in [0.1, 0.15) is 6.10 Å². The molecule has 0 saturated heterocycles. The van der Waals surface area contributed by atoms with Gasteiger partial charge in [0.2, 0.25) is 5.79 Å². The summed E-state index contributed by atoms with van der Waals surface area (Å²) >= 11 is 0. The van der Waals surface area contributed by atoms with E-state index in [2.05, 4.69) is 0 Å². The molecule has 3 saturated carbocycles. The molecule has 0 bridgehead atoms. The van der Waals surface area contributed by atoms with Crippen LogP contribution in [0.5, 0.6) is 0 Å². The van der Waals surface area contributed by atoms with E-state index < -0.39 is 52.3 Å². The van der Waals surface area contributed by atoms with Gasteiger partial charge >= 0.3 is 11.9 Å². The fourth-order valence-electron chi connectivity index (χ4n) is 7.20. The lowest BCUT2D eigenvalue weighted by atomic mass is 9.39. The first-order valence-corrected chi connectivity index (χ1v) is 10.5. The van der Waals surface area contributed by atoms with Gasteiger partial charge in [-0.2, -0.15) is 0 Å². The van der Waals surface area contributed by atoms with Gasteiger partial charge in [0.25, 0.3) is 0 Å². The highest BCUT2D eigenvalue weighted by Crippen LogP contribution is 2.68. The van der Waals surface area contributed by atoms with Crippen LogP contribution in [0, 0.1) is 28.6 Å². The van der Waals surface area contributed by atoms with Crippen LogP contribution >= 0.6 is 0 Å². The molecule has 0 aromatic carbocycles. The van der Waals surface area contributed by atoms with E-state index in [0.717, 1.165) is 0 Å². The highest BCUT2D eigenvalue weighted by Gasteiger charge is 2.73. The molecule has 7 heteroatoms. The van der Waals surface area contributed by atoms with Gasteiger partial charge in [-0.15, -0.1) is 0 Å². The molecule has 1 heterocycles. The molecule has 3 fully saturated rings. The highest BCUT2D eigenvalue weighted by molar-refractivity contribution is 5.86. The summed E-state index contributed by atoms with van der Waals surface area (Å²) in [4.78, 5) is 23.8. The summed E-state index contributed by atoms with van der Waals surface area (Å²) in [6.45, 7) is 9.09. The number of hydrogen-bond donors (Lipinski definition) is 3. The number of hydrogen-bond acceptors (Lipinski definition) is 7. The molecular formula is C22H32O7. The molecule has 3 aliphatic carbocycles. The van der Waals surface area contributed by atoms with Crippen molar-refractivity contribution in [2.75, 3.05) is 0 Å². The SMILES string of the molecule is CC(=O)O[C@H]1CCC(C)(C)[C@]2(O)C[C@H](O)[C@H]3[C@@H](C)C4=CC(=O)O[C@]4(O)C[C@@H]3[C@@]12C. The molecule has 4 aliphatic rings. The van der Waals surface area contributed by atoms with Gasteiger partial charge in [-0.25, -0.2) is 4.79 Å². The maximum absolute atomic E-state index is 12.1. The molecule has 162 valence electrons. The predicted molar refractivity (Wildman–Crippen MR) is 102 cm³/mol. The third kappa shape index (κ3) is 2.53. The molecule has 0 amide bonds. The summed E-state index contributed by atoms with van der Waals surface area (Å²) in [5, 5.41) is 34.4. The summed E-state index contributed by atoms with van der Waals surface area (Å²) in [6.07, 6.45) is 1.39. The van der Waals surface area contributed by atoms with Crippen molar-refractivity contribution in [2.24, 2.45) is 28.6 Å². The Balaban J connectivity index is 1.87. The van der Waals surface area contributed by atoms with Crippen LogP contribution in [0.2, 0.25) is 0 Å². The molecule has 3 N–H and O–H groups in total. The Labute approximate surface area is 171 Å². The van der Waals surface area contributed by atoms with Crippen LogP contribution < -0.4 is 0 Å². The Kier molecular flexibility index (Phi) is 4.34. The maximum Gasteiger partial charge on any atom is 0.333 e. The molecule has 8 atom stereocenters. The minimum Gasteiger partial charge on any atom is -0.462 e. The van der Waals surface area contributed by atoms with Gasteiger partial charge in [-0.05, 0) is 36.0 Å². The third-order valence-corrected chi connectivity index (χ3v) is 8.76. The van der Waals surface area contributed by atoms with Crippen molar-refractivity contribution in [1.29, 1.82) is 0 Å². The van der Waals surface area contributed by atoms with Gasteiger partial charge in [0.05, 0.1) is 11.7 Å². The van der Waals surface area contributed by atoms with Crippen molar-refractivity contribution in [2.45, 2.75) is 83.9 Å². The van der Waals surface area contributed by atoms with Crippen molar-refractivity contribution >= 4 is 11.9 Å². The van der Waals surface area contributed by atoms with Gasteiger partial charge in [0, 0.05) is 36.8 Å². The lowest BCUT2D eigenvalue weighted by Crippen LogP contribution is -2.74. The van der Waals surface area contributed by atoms with Crippen LogP contribution in [-0.4, -0.2) is 50.9 Å². The van der Waals surface area contributed by atoms with Gasteiger partial charge in [-0.1, -0.05) is 27.7 Å². The Morgan fingerprint density at radius 3 is 2.52 bits per heavy atom. The maximum atomic E-state index is 12.1. The van der Waals surface area contributed by atoms with Crippen LogP contribution in [-0.2, 0) is 19.1 Å². The molecular weight excluding hydrogens is 376 g/mol. The average Bonchev–Trinajstić information content (AvgIpc) is 2.89. The molecule has 0 unspecified atom stereocenters. The van der Waals surface area contributed by atoms with Crippen molar-refractivity contribution in [3.05, 3.63) is 11.6 Å². The zero-order valence-corrected chi connectivity index (χ0v) is 17.8. The number of fused-ring (bicyclic) bond motifs is 4. The van der Waals surface area contributed by atoms with Crippen molar-refractivity contribution < 1.29 is 34.4 Å². The van der Waals surface area contributed by atoms with Gasteiger partial charge in [-0.3, -0.25) is 4.79 Å². The minimum absolute atomic E-state index is 0.0588. The summed E-state index contributed by atoms with van der Waals surface area (Å²) in [7, 11) is 0. The second-order valence-electron chi connectivity index (χ2n) is 10.4. The monoisotopic (exact) mass is 408 g/mol. The summed E-state index contributed by atoms with van der Waals surface area (Å²) in [5.41, 5.74) is -2.29. The first-order valence-electron chi connectivity index (χ1n) is 10.5. The number of aliphatic hydroxyl groups is 3. The van der Waals surface area contributed by atoms with Crippen LogP contribution in [0.15, 0.2) is 11.6 Å². The standard InChI is InChI=1S/C22H32O7/c1-11-13-8-17(25)29-21(13,26)9-14-18(11)15(24)10-22(27)19(3,4)7-6-16(20(14,22)5)28-12(2)23/h8,11,14-16,18,24,26-27H,6-7,9-10H2,1-5H3/t11-,14-,15-,16-,18-,20-,21+,22+/m0/s1.